The van der Waals surface area contributed by atoms with Crippen LogP contribution in [0.4, 0.5) is 0 Å². The Labute approximate surface area is 115 Å². The van der Waals surface area contributed by atoms with Gasteiger partial charge in [-0.3, -0.25) is 0 Å². The van der Waals surface area contributed by atoms with Crippen molar-refractivity contribution in [3.63, 3.8) is 0 Å². The normalized spacial score (nSPS) is 11.8. The summed E-state index contributed by atoms with van der Waals surface area (Å²) in [6.07, 6.45) is 1.81. The van der Waals surface area contributed by atoms with Crippen molar-refractivity contribution < 1.29 is 0 Å². The molecular formula is C16H23N3. The van der Waals surface area contributed by atoms with E-state index in [1.54, 1.807) is 0 Å². The molecule has 1 aromatic heterocycles. The second-order valence-electron chi connectivity index (χ2n) is 6.01. The third kappa shape index (κ3) is 3.67. The van der Waals surface area contributed by atoms with Gasteiger partial charge in [-0.25, -0.2) is 4.98 Å². The minimum absolute atomic E-state index is 0.148. The number of aromatic amines is 1. The maximum absolute atomic E-state index is 6.01. The smallest absolute Gasteiger partial charge is 0.107 e. The molecule has 1 heterocycles. The van der Waals surface area contributed by atoms with Crippen molar-refractivity contribution in [2.75, 3.05) is 0 Å². The highest BCUT2D eigenvalue weighted by Crippen LogP contribution is 2.22. The Morgan fingerprint density at radius 1 is 1.16 bits per heavy atom. The summed E-state index contributed by atoms with van der Waals surface area (Å²) in [5, 5.41) is 0. The van der Waals surface area contributed by atoms with E-state index in [9.17, 15) is 0 Å². The molecule has 3 N–H and O–H groups in total. The highest BCUT2D eigenvalue weighted by atomic mass is 14.9. The molecule has 2 rings (SSSR count). The zero-order chi connectivity index (χ0) is 14.0. The molecule has 0 aliphatic heterocycles. The minimum atomic E-state index is -0.148. The number of aromatic nitrogens is 2. The molecular weight excluding hydrogens is 234 g/mol. The average molecular weight is 257 g/mol. The van der Waals surface area contributed by atoms with E-state index >= 15 is 0 Å². The summed E-state index contributed by atoms with van der Waals surface area (Å²) in [5.41, 5.74) is 10.5. The van der Waals surface area contributed by atoms with E-state index in [1.165, 1.54) is 5.56 Å². The maximum atomic E-state index is 6.01. The van der Waals surface area contributed by atoms with Gasteiger partial charge in [-0.15, -0.1) is 0 Å². The lowest BCUT2D eigenvalue weighted by Gasteiger charge is -2.16. The lowest BCUT2D eigenvalue weighted by atomic mass is 10.0. The standard InChI is InChI=1S/C16H23N3/c1-11-5-7-13(8-6-11)15-12(2)18-14(19-15)9-10-16(3,4)17/h5-8H,9-10,17H2,1-4H3,(H,18,19). The summed E-state index contributed by atoms with van der Waals surface area (Å²) in [4.78, 5) is 8.07. The van der Waals surface area contributed by atoms with Crippen LogP contribution in [0.25, 0.3) is 11.3 Å². The number of H-pyrrole nitrogens is 1. The molecule has 0 saturated carbocycles. The van der Waals surface area contributed by atoms with Crippen molar-refractivity contribution in [3.05, 3.63) is 41.3 Å². The van der Waals surface area contributed by atoms with Crippen LogP contribution in [0.3, 0.4) is 0 Å². The molecule has 0 bridgehead atoms. The van der Waals surface area contributed by atoms with Gasteiger partial charge in [0, 0.05) is 23.2 Å². The van der Waals surface area contributed by atoms with Crippen LogP contribution in [0.2, 0.25) is 0 Å². The molecule has 3 heteroatoms. The molecule has 2 aromatic rings. The van der Waals surface area contributed by atoms with Crippen LogP contribution >= 0.6 is 0 Å². The second kappa shape index (κ2) is 5.17. The Bertz CT molecular complexity index is 544. The van der Waals surface area contributed by atoms with Gasteiger partial charge in [0.05, 0.1) is 5.69 Å². The predicted molar refractivity (Wildman–Crippen MR) is 80.1 cm³/mol. The van der Waals surface area contributed by atoms with Gasteiger partial charge in [0.25, 0.3) is 0 Å². The molecule has 0 radical (unpaired) electrons. The first kappa shape index (κ1) is 13.8. The van der Waals surface area contributed by atoms with E-state index in [-0.39, 0.29) is 5.54 Å². The van der Waals surface area contributed by atoms with Crippen molar-refractivity contribution in [1.29, 1.82) is 0 Å². The highest BCUT2D eigenvalue weighted by Gasteiger charge is 2.14. The van der Waals surface area contributed by atoms with Gasteiger partial charge in [-0.1, -0.05) is 29.8 Å². The van der Waals surface area contributed by atoms with Crippen molar-refractivity contribution in [2.45, 2.75) is 46.1 Å². The number of nitrogens with one attached hydrogen (secondary N) is 1. The molecule has 0 fully saturated rings. The lowest BCUT2D eigenvalue weighted by molar-refractivity contribution is 0.472. The van der Waals surface area contributed by atoms with Crippen molar-refractivity contribution in [1.82, 2.24) is 9.97 Å². The lowest BCUT2D eigenvalue weighted by Crippen LogP contribution is -2.32. The summed E-state index contributed by atoms with van der Waals surface area (Å²) in [6.45, 7) is 8.25. The number of hydrogen-bond acceptors (Lipinski definition) is 2. The van der Waals surface area contributed by atoms with Gasteiger partial charge < -0.3 is 10.7 Å². The van der Waals surface area contributed by atoms with E-state index in [1.807, 2.05) is 13.8 Å². The van der Waals surface area contributed by atoms with Crippen LogP contribution in [0.1, 0.15) is 37.4 Å². The van der Waals surface area contributed by atoms with E-state index in [0.29, 0.717) is 0 Å². The number of nitrogens with two attached hydrogens (primary N) is 1. The fourth-order valence-corrected chi connectivity index (χ4v) is 2.07. The van der Waals surface area contributed by atoms with Crippen LogP contribution in [0.5, 0.6) is 0 Å². The van der Waals surface area contributed by atoms with Gasteiger partial charge in [-0.05, 0) is 34.1 Å². The second-order valence-corrected chi connectivity index (χ2v) is 6.01. The summed E-state index contributed by atoms with van der Waals surface area (Å²) in [6, 6.07) is 8.47. The fraction of sp³-hybridized carbons (Fsp3) is 0.438. The Kier molecular flexibility index (Phi) is 3.76. The summed E-state index contributed by atoms with van der Waals surface area (Å²) < 4.78 is 0. The Hall–Kier alpha value is -1.61. The number of benzene rings is 1. The largest absolute Gasteiger partial charge is 0.346 e. The molecule has 0 saturated heterocycles. The molecule has 102 valence electrons. The first-order valence-electron chi connectivity index (χ1n) is 6.76. The molecule has 0 spiro atoms. The zero-order valence-corrected chi connectivity index (χ0v) is 12.2. The van der Waals surface area contributed by atoms with Crippen molar-refractivity contribution >= 4 is 0 Å². The van der Waals surface area contributed by atoms with Crippen molar-refractivity contribution in [2.24, 2.45) is 5.73 Å². The Morgan fingerprint density at radius 3 is 2.37 bits per heavy atom. The van der Waals surface area contributed by atoms with Crippen LogP contribution in [0.15, 0.2) is 24.3 Å². The molecule has 3 nitrogen and oxygen atoms in total. The first-order chi connectivity index (χ1) is 8.85. The number of imidazole rings is 1. The van der Waals surface area contributed by atoms with Gasteiger partial charge in [0.15, 0.2) is 0 Å². The van der Waals surface area contributed by atoms with Crippen LogP contribution < -0.4 is 5.73 Å². The SMILES string of the molecule is Cc1ccc(-c2nc(CCC(C)(C)N)[nH]c2C)cc1. The monoisotopic (exact) mass is 257 g/mol. The third-order valence-corrected chi connectivity index (χ3v) is 3.26. The molecule has 0 aliphatic carbocycles. The minimum Gasteiger partial charge on any atom is -0.346 e. The number of hydrogen-bond donors (Lipinski definition) is 2. The third-order valence-electron chi connectivity index (χ3n) is 3.26. The van der Waals surface area contributed by atoms with Gasteiger partial charge >= 0.3 is 0 Å². The average Bonchev–Trinajstić information content (AvgIpc) is 2.68. The fourth-order valence-electron chi connectivity index (χ4n) is 2.07. The summed E-state index contributed by atoms with van der Waals surface area (Å²) in [7, 11) is 0. The zero-order valence-electron chi connectivity index (χ0n) is 12.2. The van der Waals surface area contributed by atoms with Gasteiger partial charge in [-0.2, -0.15) is 0 Å². The van der Waals surface area contributed by atoms with Crippen molar-refractivity contribution in [3.8, 4) is 11.3 Å². The maximum Gasteiger partial charge on any atom is 0.107 e. The van der Waals surface area contributed by atoms with Crippen LogP contribution in [-0.2, 0) is 6.42 Å². The van der Waals surface area contributed by atoms with E-state index in [4.69, 9.17) is 10.7 Å². The van der Waals surface area contributed by atoms with Gasteiger partial charge in [0.2, 0.25) is 0 Å². The number of nitrogens with zero attached hydrogens (tertiary/aromatic N) is 1. The van der Waals surface area contributed by atoms with Crippen LogP contribution in [0, 0.1) is 13.8 Å². The van der Waals surface area contributed by atoms with E-state index in [2.05, 4.69) is 43.1 Å². The van der Waals surface area contributed by atoms with E-state index in [0.717, 1.165) is 35.6 Å². The predicted octanol–water partition coefficient (Wildman–Crippen LogP) is 3.36. The quantitative estimate of drug-likeness (QED) is 0.882. The number of rotatable bonds is 4. The van der Waals surface area contributed by atoms with Crippen LogP contribution in [-0.4, -0.2) is 15.5 Å². The van der Waals surface area contributed by atoms with Gasteiger partial charge in [0.1, 0.15) is 5.82 Å². The summed E-state index contributed by atoms with van der Waals surface area (Å²) in [5.74, 6) is 1.02. The molecule has 0 aliphatic rings. The topological polar surface area (TPSA) is 54.7 Å². The summed E-state index contributed by atoms with van der Waals surface area (Å²) >= 11 is 0. The highest BCUT2D eigenvalue weighted by molar-refractivity contribution is 5.62. The molecule has 19 heavy (non-hydrogen) atoms. The number of aryl methyl sites for hydroxylation is 3. The first-order valence-corrected chi connectivity index (χ1v) is 6.76. The van der Waals surface area contributed by atoms with E-state index < -0.39 is 0 Å². The molecule has 0 amide bonds. The Balaban J connectivity index is 2.19. The Morgan fingerprint density at radius 2 is 1.79 bits per heavy atom. The molecule has 0 unspecified atom stereocenters. The molecule has 1 aromatic carbocycles. The molecule has 0 atom stereocenters.